The zero-order valence-corrected chi connectivity index (χ0v) is 18.5. The molecule has 0 atom stereocenters. The van der Waals surface area contributed by atoms with E-state index < -0.39 is 0 Å². The predicted molar refractivity (Wildman–Crippen MR) is 139 cm³/mol. The van der Waals surface area contributed by atoms with E-state index in [1.807, 2.05) is 72.8 Å². The van der Waals surface area contributed by atoms with Crippen molar-refractivity contribution in [1.29, 1.82) is 0 Å². The lowest BCUT2D eigenvalue weighted by atomic mass is 10.0. The van der Waals surface area contributed by atoms with Crippen molar-refractivity contribution < 1.29 is 0 Å². The van der Waals surface area contributed by atoms with E-state index >= 15 is 0 Å². The van der Waals surface area contributed by atoms with Gasteiger partial charge in [0.25, 0.3) is 0 Å². The zero-order valence-electron chi connectivity index (χ0n) is 18.5. The van der Waals surface area contributed by atoms with E-state index in [4.69, 9.17) is 9.97 Å². The molecule has 0 saturated carbocycles. The molecule has 34 heavy (non-hydrogen) atoms. The fraction of sp³-hybridized carbons (Fsp3) is 0. The molecule has 1 aliphatic rings. The molecule has 0 unspecified atom stereocenters. The average Bonchev–Trinajstić information content (AvgIpc) is 3.20. The van der Waals surface area contributed by atoms with Gasteiger partial charge in [-0.3, -0.25) is 9.80 Å². The number of anilines is 4. The third kappa shape index (κ3) is 3.33. The van der Waals surface area contributed by atoms with Crippen LogP contribution in [0.4, 0.5) is 23.0 Å². The van der Waals surface area contributed by atoms with Crippen molar-refractivity contribution in [3.8, 4) is 22.5 Å². The first-order valence-electron chi connectivity index (χ1n) is 11.2. The fourth-order valence-electron chi connectivity index (χ4n) is 4.35. The van der Waals surface area contributed by atoms with Crippen LogP contribution in [-0.2, 0) is 0 Å². The topological polar surface area (TPSA) is 32.3 Å². The minimum atomic E-state index is 0.763. The van der Waals surface area contributed by atoms with E-state index in [1.54, 1.807) is 0 Å². The van der Waals surface area contributed by atoms with E-state index in [0.29, 0.717) is 0 Å². The number of benzene rings is 4. The molecule has 0 bridgehead atoms. The van der Waals surface area contributed by atoms with Crippen LogP contribution in [-0.4, -0.2) is 9.97 Å². The van der Waals surface area contributed by atoms with Gasteiger partial charge < -0.3 is 0 Å². The standard InChI is InChI=1S/C30H22N4/c1-22-33(25-18-10-4-11-19-25)29-30(34(22)26-20-12-5-13-21-26)32-28(24-16-8-3-9-17-24)27(31-29)23-14-6-2-7-15-23/h2-21H,1H2. The SMILES string of the molecule is C=C1N(c2ccccc2)c2nc(-c3ccccc3)c(-c3ccccc3)nc2N1c1ccccc1. The summed E-state index contributed by atoms with van der Waals surface area (Å²) >= 11 is 0. The lowest BCUT2D eigenvalue weighted by molar-refractivity contribution is 1.12. The van der Waals surface area contributed by atoms with E-state index in [0.717, 1.165) is 51.3 Å². The molecular weight excluding hydrogens is 416 g/mol. The summed E-state index contributed by atoms with van der Waals surface area (Å²) in [5.41, 5.74) is 5.71. The van der Waals surface area contributed by atoms with Crippen molar-refractivity contribution in [2.45, 2.75) is 0 Å². The average molecular weight is 439 g/mol. The van der Waals surface area contributed by atoms with Crippen LogP contribution in [0.2, 0.25) is 0 Å². The van der Waals surface area contributed by atoms with E-state index in [2.05, 4.69) is 64.9 Å². The quantitative estimate of drug-likeness (QED) is 0.290. The van der Waals surface area contributed by atoms with Crippen molar-refractivity contribution >= 4 is 23.0 Å². The maximum absolute atomic E-state index is 5.24. The summed E-state index contributed by atoms with van der Waals surface area (Å²) in [6, 6.07) is 40.9. The molecule has 4 nitrogen and oxygen atoms in total. The summed E-state index contributed by atoms with van der Waals surface area (Å²) in [5.74, 6) is 2.31. The molecule has 0 saturated heterocycles. The van der Waals surface area contributed by atoms with Gasteiger partial charge in [-0.25, -0.2) is 9.97 Å². The summed E-state index contributed by atoms with van der Waals surface area (Å²) in [4.78, 5) is 14.6. The summed E-state index contributed by atoms with van der Waals surface area (Å²) in [6.07, 6.45) is 0. The number of rotatable bonds is 4. The van der Waals surface area contributed by atoms with Gasteiger partial charge in [-0.2, -0.15) is 0 Å². The highest BCUT2D eigenvalue weighted by Crippen LogP contribution is 2.49. The van der Waals surface area contributed by atoms with Crippen LogP contribution in [0.3, 0.4) is 0 Å². The Morgan fingerprint density at radius 1 is 0.441 bits per heavy atom. The number of aromatic nitrogens is 2. The van der Waals surface area contributed by atoms with E-state index in [9.17, 15) is 0 Å². The van der Waals surface area contributed by atoms with Gasteiger partial charge in [0.05, 0.1) is 11.4 Å². The molecule has 0 amide bonds. The van der Waals surface area contributed by atoms with Crippen molar-refractivity contribution in [2.75, 3.05) is 9.80 Å². The van der Waals surface area contributed by atoms with Gasteiger partial charge in [0.15, 0.2) is 11.6 Å². The number of hydrogen-bond donors (Lipinski definition) is 0. The lowest BCUT2D eigenvalue weighted by Gasteiger charge is -2.23. The smallest absolute Gasteiger partial charge is 0.183 e. The molecule has 4 aromatic carbocycles. The predicted octanol–water partition coefficient (Wildman–Crippen LogP) is 7.57. The first kappa shape index (κ1) is 19.9. The Bertz CT molecular complexity index is 1340. The van der Waals surface area contributed by atoms with Crippen molar-refractivity contribution in [3.63, 3.8) is 0 Å². The van der Waals surface area contributed by atoms with E-state index in [-0.39, 0.29) is 0 Å². The molecule has 0 aliphatic carbocycles. The summed E-state index contributed by atoms with van der Waals surface area (Å²) in [6.45, 7) is 4.46. The van der Waals surface area contributed by atoms with Crippen LogP contribution in [0.1, 0.15) is 0 Å². The molecular formula is C30H22N4. The minimum Gasteiger partial charge on any atom is -0.277 e. The molecule has 162 valence electrons. The van der Waals surface area contributed by atoms with Crippen molar-refractivity contribution in [1.82, 2.24) is 9.97 Å². The van der Waals surface area contributed by atoms with Crippen LogP contribution >= 0.6 is 0 Å². The Morgan fingerprint density at radius 2 is 0.765 bits per heavy atom. The van der Waals surface area contributed by atoms with Gasteiger partial charge in [0, 0.05) is 22.5 Å². The second-order valence-electron chi connectivity index (χ2n) is 8.06. The highest BCUT2D eigenvalue weighted by Gasteiger charge is 2.36. The number of nitrogens with zero attached hydrogens (tertiary/aromatic N) is 4. The molecule has 1 aromatic heterocycles. The minimum absolute atomic E-state index is 0.763. The Morgan fingerprint density at radius 3 is 1.12 bits per heavy atom. The summed E-state index contributed by atoms with van der Waals surface area (Å²) in [7, 11) is 0. The molecule has 0 N–H and O–H groups in total. The second kappa shape index (κ2) is 8.34. The Hall–Kier alpha value is -4.70. The zero-order chi connectivity index (χ0) is 22.9. The van der Waals surface area contributed by atoms with Gasteiger partial charge in [0.2, 0.25) is 0 Å². The summed E-state index contributed by atoms with van der Waals surface area (Å²) < 4.78 is 0. The lowest BCUT2D eigenvalue weighted by Crippen LogP contribution is -2.20. The first-order valence-corrected chi connectivity index (χ1v) is 11.2. The molecule has 2 heterocycles. The van der Waals surface area contributed by atoms with Gasteiger partial charge >= 0.3 is 0 Å². The Kier molecular flexibility index (Phi) is 4.89. The monoisotopic (exact) mass is 438 g/mol. The van der Waals surface area contributed by atoms with Crippen molar-refractivity contribution in [3.05, 3.63) is 134 Å². The van der Waals surface area contributed by atoms with Crippen LogP contribution in [0.25, 0.3) is 22.5 Å². The third-order valence-electron chi connectivity index (χ3n) is 5.92. The molecule has 4 heteroatoms. The second-order valence-corrected chi connectivity index (χ2v) is 8.06. The van der Waals surface area contributed by atoms with Gasteiger partial charge in [-0.1, -0.05) is 104 Å². The highest BCUT2D eigenvalue weighted by molar-refractivity contribution is 5.92. The van der Waals surface area contributed by atoms with E-state index in [1.165, 1.54) is 0 Å². The summed E-state index contributed by atoms with van der Waals surface area (Å²) in [5, 5.41) is 0. The normalized spacial score (nSPS) is 12.6. The Balaban J connectivity index is 1.65. The Labute approximate surface area is 199 Å². The fourth-order valence-corrected chi connectivity index (χ4v) is 4.35. The molecule has 5 aromatic rings. The molecule has 1 aliphatic heterocycles. The molecule has 0 fully saturated rings. The van der Waals surface area contributed by atoms with Crippen LogP contribution in [0.5, 0.6) is 0 Å². The molecule has 0 spiro atoms. The van der Waals surface area contributed by atoms with Gasteiger partial charge in [0.1, 0.15) is 5.82 Å². The maximum Gasteiger partial charge on any atom is 0.183 e. The van der Waals surface area contributed by atoms with Gasteiger partial charge in [-0.05, 0) is 24.3 Å². The maximum atomic E-state index is 5.24. The molecule has 0 radical (unpaired) electrons. The van der Waals surface area contributed by atoms with Crippen molar-refractivity contribution in [2.24, 2.45) is 0 Å². The number of para-hydroxylation sites is 2. The number of fused-ring (bicyclic) bond motifs is 1. The van der Waals surface area contributed by atoms with Crippen LogP contribution in [0, 0.1) is 0 Å². The van der Waals surface area contributed by atoms with Crippen LogP contribution < -0.4 is 9.80 Å². The first-order chi connectivity index (χ1) is 16.8. The van der Waals surface area contributed by atoms with Crippen LogP contribution in [0.15, 0.2) is 134 Å². The van der Waals surface area contributed by atoms with Gasteiger partial charge in [-0.15, -0.1) is 0 Å². The number of hydrogen-bond acceptors (Lipinski definition) is 4. The highest BCUT2D eigenvalue weighted by atomic mass is 15.4. The largest absolute Gasteiger partial charge is 0.277 e. The third-order valence-corrected chi connectivity index (χ3v) is 5.92. The molecule has 6 rings (SSSR count).